The Morgan fingerprint density at radius 3 is 2.84 bits per heavy atom. The molecule has 4 nitrogen and oxygen atoms in total. The van der Waals surface area contributed by atoms with E-state index in [-0.39, 0.29) is 5.91 Å². The standard InChI is InChI=1S/C15H23N3O/c1-10-5-4-6-18(9-10)15-8-14(17-12(3)19)13(16)7-11(15)2/h7-8,10H,4-6,9,16H2,1-3H3,(H,17,19). The molecule has 2 rings (SSSR count). The molecule has 0 aliphatic carbocycles. The van der Waals surface area contributed by atoms with E-state index in [4.69, 9.17) is 5.73 Å². The predicted molar refractivity (Wildman–Crippen MR) is 80.5 cm³/mol. The molecule has 0 bridgehead atoms. The van der Waals surface area contributed by atoms with E-state index in [2.05, 4.69) is 24.1 Å². The Bertz CT molecular complexity index is 485. The van der Waals surface area contributed by atoms with Gasteiger partial charge in [-0.3, -0.25) is 4.79 Å². The minimum atomic E-state index is -0.0893. The molecular weight excluding hydrogens is 238 g/mol. The summed E-state index contributed by atoms with van der Waals surface area (Å²) in [7, 11) is 0. The maximum absolute atomic E-state index is 11.2. The van der Waals surface area contributed by atoms with Crippen molar-refractivity contribution in [3.8, 4) is 0 Å². The van der Waals surface area contributed by atoms with E-state index in [1.807, 2.05) is 12.1 Å². The van der Waals surface area contributed by atoms with Crippen LogP contribution in [0.5, 0.6) is 0 Å². The number of rotatable bonds is 2. The van der Waals surface area contributed by atoms with Gasteiger partial charge in [-0.15, -0.1) is 0 Å². The van der Waals surface area contributed by atoms with E-state index >= 15 is 0 Å². The summed E-state index contributed by atoms with van der Waals surface area (Å²) in [6.45, 7) is 8.01. The number of nitrogens with two attached hydrogens (primary N) is 1. The molecule has 1 aliphatic heterocycles. The van der Waals surface area contributed by atoms with Crippen LogP contribution < -0.4 is 16.0 Å². The molecule has 1 aromatic carbocycles. The fourth-order valence-corrected chi connectivity index (χ4v) is 2.77. The van der Waals surface area contributed by atoms with Gasteiger partial charge in [-0.2, -0.15) is 0 Å². The Hall–Kier alpha value is -1.71. The molecule has 1 aliphatic rings. The van der Waals surface area contributed by atoms with E-state index in [1.165, 1.54) is 31.0 Å². The molecule has 19 heavy (non-hydrogen) atoms. The monoisotopic (exact) mass is 261 g/mol. The molecule has 1 aromatic rings. The van der Waals surface area contributed by atoms with E-state index < -0.39 is 0 Å². The smallest absolute Gasteiger partial charge is 0.221 e. The molecule has 1 saturated heterocycles. The van der Waals surface area contributed by atoms with Crippen LogP contribution in [0.15, 0.2) is 12.1 Å². The maximum Gasteiger partial charge on any atom is 0.221 e. The highest BCUT2D eigenvalue weighted by atomic mass is 16.1. The molecule has 0 spiro atoms. The summed E-state index contributed by atoms with van der Waals surface area (Å²) in [5.74, 6) is 0.628. The largest absolute Gasteiger partial charge is 0.397 e. The lowest BCUT2D eigenvalue weighted by Crippen LogP contribution is -2.34. The van der Waals surface area contributed by atoms with Gasteiger partial charge in [0.05, 0.1) is 11.4 Å². The summed E-state index contributed by atoms with van der Waals surface area (Å²) < 4.78 is 0. The van der Waals surface area contributed by atoms with Gasteiger partial charge in [0.15, 0.2) is 0 Å². The van der Waals surface area contributed by atoms with Crippen LogP contribution >= 0.6 is 0 Å². The van der Waals surface area contributed by atoms with Crippen molar-refractivity contribution in [2.45, 2.75) is 33.6 Å². The van der Waals surface area contributed by atoms with Crippen LogP contribution in [0.2, 0.25) is 0 Å². The zero-order valence-corrected chi connectivity index (χ0v) is 12.0. The van der Waals surface area contributed by atoms with Gasteiger partial charge in [0.2, 0.25) is 5.91 Å². The van der Waals surface area contributed by atoms with Crippen molar-refractivity contribution in [3.63, 3.8) is 0 Å². The van der Waals surface area contributed by atoms with E-state index in [1.54, 1.807) is 0 Å². The fraction of sp³-hybridized carbons (Fsp3) is 0.533. The molecule has 0 radical (unpaired) electrons. The van der Waals surface area contributed by atoms with Crippen LogP contribution in [0, 0.1) is 12.8 Å². The number of benzene rings is 1. The summed E-state index contributed by atoms with van der Waals surface area (Å²) in [5.41, 5.74) is 9.65. The first-order valence-electron chi connectivity index (χ1n) is 6.90. The number of carbonyl (C=O) groups excluding carboxylic acids is 1. The number of nitrogens with zero attached hydrogens (tertiary/aromatic N) is 1. The fourth-order valence-electron chi connectivity index (χ4n) is 2.77. The molecule has 1 unspecified atom stereocenters. The Labute approximate surface area is 115 Å². The summed E-state index contributed by atoms with van der Waals surface area (Å²) in [6, 6.07) is 3.95. The van der Waals surface area contributed by atoms with Crippen molar-refractivity contribution < 1.29 is 4.79 Å². The summed E-state index contributed by atoms with van der Waals surface area (Å²) in [5, 5.41) is 2.80. The number of hydrogen-bond donors (Lipinski definition) is 2. The van der Waals surface area contributed by atoms with Gasteiger partial charge >= 0.3 is 0 Å². The number of amides is 1. The van der Waals surface area contributed by atoms with Crippen LogP contribution in [-0.2, 0) is 4.79 Å². The Balaban J connectivity index is 2.31. The lowest BCUT2D eigenvalue weighted by molar-refractivity contribution is -0.114. The lowest BCUT2D eigenvalue weighted by Gasteiger charge is -2.34. The third-order valence-corrected chi connectivity index (χ3v) is 3.68. The second kappa shape index (κ2) is 5.51. The molecule has 0 saturated carbocycles. The molecule has 0 aromatic heterocycles. The van der Waals surface area contributed by atoms with Crippen molar-refractivity contribution in [3.05, 3.63) is 17.7 Å². The number of piperidine rings is 1. The molecule has 1 fully saturated rings. The molecule has 1 atom stereocenters. The highest BCUT2D eigenvalue weighted by molar-refractivity contribution is 5.93. The zero-order valence-electron chi connectivity index (χ0n) is 12.0. The number of aryl methyl sites for hydroxylation is 1. The first-order valence-corrected chi connectivity index (χ1v) is 6.90. The summed E-state index contributed by atoms with van der Waals surface area (Å²) in [6.07, 6.45) is 2.52. The normalized spacial score (nSPS) is 19.3. The minimum Gasteiger partial charge on any atom is -0.397 e. The maximum atomic E-state index is 11.2. The van der Waals surface area contributed by atoms with Gasteiger partial charge in [0.1, 0.15) is 0 Å². The second-order valence-electron chi connectivity index (χ2n) is 5.60. The molecule has 3 N–H and O–H groups in total. The number of carbonyl (C=O) groups is 1. The van der Waals surface area contributed by atoms with E-state index in [0.29, 0.717) is 11.4 Å². The Morgan fingerprint density at radius 1 is 1.47 bits per heavy atom. The van der Waals surface area contributed by atoms with E-state index in [0.717, 1.165) is 19.0 Å². The summed E-state index contributed by atoms with van der Waals surface area (Å²) >= 11 is 0. The number of anilines is 3. The van der Waals surface area contributed by atoms with Gasteiger partial charge in [0.25, 0.3) is 0 Å². The lowest BCUT2D eigenvalue weighted by atomic mass is 9.98. The molecule has 1 amide bonds. The first-order chi connectivity index (χ1) is 8.97. The van der Waals surface area contributed by atoms with Gasteiger partial charge in [-0.1, -0.05) is 6.92 Å². The van der Waals surface area contributed by atoms with Crippen molar-refractivity contribution in [2.24, 2.45) is 5.92 Å². The average Bonchev–Trinajstić information content (AvgIpc) is 2.32. The number of nitrogen functional groups attached to an aromatic ring is 1. The van der Waals surface area contributed by atoms with Crippen molar-refractivity contribution in [1.82, 2.24) is 0 Å². The van der Waals surface area contributed by atoms with Gasteiger partial charge in [-0.25, -0.2) is 0 Å². The topological polar surface area (TPSA) is 58.4 Å². The van der Waals surface area contributed by atoms with Crippen LogP contribution in [-0.4, -0.2) is 19.0 Å². The highest BCUT2D eigenvalue weighted by Crippen LogP contribution is 2.32. The quantitative estimate of drug-likeness (QED) is 0.805. The predicted octanol–water partition coefficient (Wildman–Crippen LogP) is 2.77. The Morgan fingerprint density at radius 2 is 2.21 bits per heavy atom. The van der Waals surface area contributed by atoms with Crippen LogP contribution in [0.4, 0.5) is 17.1 Å². The third kappa shape index (κ3) is 3.19. The molecule has 1 heterocycles. The van der Waals surface area contributed by atoms with Crippen molar-refractivity contribution in [1.29, 1.82) is 0 Å². The minimum absolute atomic E-state index is 0.0893. The average molecular weight is 261 g/mol. The number of hydrogen-bond acceptors (Lipinski definition) is 3. The van der Waals surface area contributed by atoms with Gasteiger partial charge < -0.3 is 16.0 Å². The number of nitrogens with one attached hydrogen (secondary N) is 1. The first kappa shape index (κ1) is 13.7. The zero-order chi connectivity index (χ0) is 14.0. The summed E-state index contributed by atoms with van der Waals surface area (Å²) in [4.78, 5) is 13.6. The van der Waals surface area contributed by atoms with E-state index in [9.17, 15) is 4.79 Å². The van der Waals surface area contributed by atoms with Gasteiger partial charge in [0, 0.05) is 25.7 Å². The third-order valence-electron chi connectivity index (χ3n) is 3.68. The second-order valence-corrected chi connectivity index (χ2v) is 5.60. The molecule has 104 valence electrons. The SMILES string of the molecule is CC(=O)Nc1cc(N2CCCC(C)C2)c(C)cc1N. The Kier molecular flexibility index (Phi) is 3.98. The van der Waals surface area contributed by atoms with Crippen LogP contribution in [0.3, 0.4) is 0 Å². The van der Waals surface area contributed by atoms with Crippen molar-refractivity contribution >= 4 is 23.0 Å². The molecule has 4 heteroatoms. The van der Waals surface area contributed by atoms with Crippen molar-refractivity contribution in [2.75, 3.05) is 29.0 Å². The van der Waals surface area contributed by atoms with Gasteiger partial charge in [-0.05, 0) is 43.4 Å². The van der Waals surface area contributed by atoms with Crippen LogP contribution in [0.25, 0.3) is 0 Å². The molecular formula is C15H23N3O. The van der Waals surface area contributed by atoms with Crippen LogP contribution in [0.1, 0.15) is 32.3 Å². The highest BCUT2D eigenvalue weighted by Gasteiger charge is 2.19.